The Morgan fingerprint density at radius 1 is 1.14 bits per heavy atom. The SMILES string of the molecule is CC(NC(=O)Cn1nc(C(F)F)c(Cl)c1C(F)F)c1cccc(-n2cccc2)c1. The molecule has 5 nitrogen and oxygen atoms in total. The first-order valence-corrected chi connectivity index (χ1v) is 9.00. The summed E-state index contributed by atoms with van der Waals surface area (Å²) in [5, 5.41) is 5.22. The van der Waals surface area contributed by atoms with E-state index in [2.05, 4.69) is 10.4 Å². The standard InChI is InChI=1S/C19H17ClF4N4O/c1-11(12-5-4-6-13(9-12)27-7-2-3-8-27)25-14(29)10-28-17(19(23)24)15(20)16(26-28)18(21)22/h2-9,11,18-19H,10H2,1H3,(H,25,29). The van der Waals surface area contributed by atoms with Crippen molar-refractivity contribution in [3.8, 4) is 5.69 Å². The smallest absolute Gasteiger partial charge is 0.283 e. The number of alkyl halides is 4. The zero-order chi connectivity index (χ0) is 21.1. The summed E-state index contributed by atoms with van der Waals surface area (Å²) in [7, 11) is 0. The average Bonchev–Trinajstić information content (AvgIpc) is 3.30. The lowest BCUT2D eigenvalue weighted by molar-refractivity contribution is -0.122. The zero-order valence-electron chi connectivity index (χ0n) is 15.2. The summed E-state index contributed by atoms with van der Waals surface area (Å²) in [6.07, 6.45) is -2.53. The van der Waals surface area contributed by atoms with Crippen molar-refractivity contribution in [3.05, 3.63) is 70.8 Å². The Hall–Kier alpha value is -2.81. The van der Waals surface area contributed by atoms with E-state index < -0.39 is 47.8 Å². The summed E-state index contributed by atoms with van der Waals surface area (Å²) in [5.74, 6) is -0.661. The minimum atomic E-state index is -3.15. The molecule has 0 saturated heterocycles. The average molecular weight is 429 g/mol. The number of amides is 1. The van der Waals surface area contributed by atoms with E-state index in [1.807, 2.05) is 53.4 Å². The summed E-state index contributed by atoms with van der Waals surface area (Å²) in [4.78, 5) is 12.3. The molecular formula is C19H17ClF4N4O. The first kappa shape index (κ1) is 20.9. The summed E-state index contributed by atoms with van der Waals surface area (Å²) in [6.45, 7) is 1.06. The van der Waals surface area contributed by atoms with Gasteiger partial charge in [-0.2, -0.15) is 5.10 Å². The summed E-state index contributed by atoms with van der Waals surface area (Å²) in [5.41, 5.74) is -0.207. The minimum absolute atomic E-state index is 0.450. The number of rotatable bonds is 7. The van der Waals surface area contributed by atoms with Crippen LogP contribution in [0.4, 0.5) is 17.6 Å². The van der Waals surface area contributed by atoms with E-state index in [0.29, 0.717) is 4.68 Å². The zero-order valence-corrected chi connectivity index (χ0v) is 16.0. The number of hydrogen-bond donors (Lipinski definition) is 1. The van der Waals surface area contributed by atoms with Gasteiger partial charge in [0.05, 0.1) is 11.1 Å². The molecular weight excluding hydrogens is 412 g/mol. The molecule has 3 rings (SSSR count). The van der Waals surface area contributed by atoms with Gasteiger partial charge in [0.1, 0.15) is 17.9 Å². The molecule has 1 aromatic carbocycles. The predicted octanol–water partition coefficient (Wildman–Crippen LogP) is 5.08. The summed E-state index contributed by atoms with van der Waals surface area (Å²) < 4.78 is 54.6. The number of benzene rings is 1. The molecule has 0 aliphatic heterocycles. The van der Waals surface area contributed by atoms with E-state index in [4.69, 9.17) is 11.6 Å². The maximum absolute atomic E-state index is 13.2. The van der Waals surface area contributed by atoms with E-state index >= 15 is 0 Å². The molecule has 0 aliphatic carbocycles. The first-order chi connectivity index (χ1) is 13.8. The van der Waals surface area contributed by atoms with Gasteiger partial charge >= 0.3 is 0 Å². The summed E-state index contributed by atoms with van der Waals surface area (Å²) >= 11 is 5.59. The molecule has 29 heavy (non-hydrogen) atoms. The molecule has 0 bridgehead atoms. The molecule has 0 saturated carbocycles. The van der Waals surface area contributed by atoms with Crippen molar-refractivity contribution in [2.75, 3.05) is 0 Å². The largest absolute Gasteiger partial charge is 0.348 e. The second-order valence-electron chi connectivity index (χ2n) is 6.32. The Morgan fingerprint density at radius 2 is 1.83 bits per heavy atom. The highest BCUT2D eigenvalue weighted by molar-refractivity contribution is 6.32. The fraction of sp³-hybridized carbons (Fsp3) is 0.263. The van der Waals surface area contributed by atoms with Gasteiger partial charge in [0, 0.05) is 18.1 Å². The third-order valence-corrected chi connectivity index (χ3v) is 4.70. The molecule has 1 N–H and O–H groups in total. The topological polar surface area (TPSA) is 51.9 Å². The van der Waals surface area contributed by atoms with Crippen molar-refractivity contribution < 1.29 is 22.4 Å². The molecule has 0 fully saturated rings. The quantitative estimate of drug-likeness (QED) is 0.533. The van der Waals surface area contributed by atoms with E-state index in [0.717, 1.165) is 11.3 Å². The van der Waals surface area contributed by atoms with Crippen LogP contribution in [0.25, 0.3) is 5.69 Å². The lowest BCUT2D eigenvalue weighted by Crippen LogP contribution is -2.31. The number of nitrogens with one attached hydrogen (secondary N) is 1. The minimum Gasteiger partial charge on any atom is -0.348 e. The van der Waals surface area contributed by atoms with Crippen molar-refractivity contribution in [1.82, 2.24) is 19.7 Å². The van der Waals surface area contributed by atoms with Crippen LogP contribution in [-0.2, 0) is 11.3 Å². The second kappa shape index (κ2) is 8.69. The van der Waals surface area contributed by atoms with Crippen molar-refractivity contribution in [2.45, 2.75) is 32.4 Å². The van der Waals surface area contributed by atoms with Gasteiger partial charge in [0.15, 0.2) is 0 Å². The van der Waals surface area contributed by atoms with E-state index in [1.54, 1.807) is 6.92 Å². The summed E-state index contributed by atoms with van der Waals surface area (Å²) in [6, 6.07) is 10.7. The van der Waals surface area contributed by atoms with Crippen molar-refractivity contribution in [2.24, 2.45) is 0 Å². The van der Waals surface area contributed by atoms with Gasteiger partial charge in [-0.05, 0) is 36.8 Å². The van der Waals surface area contributed by atoms with Gasteiger partial charge in [0.2, 0.25) is 5.91 Å². The number of carbonyl (C=O) groups is 1. The van der Waals surface area contributed by atoms with Gasteiger partial charge in [-0.15, -0.1) is 0 Å². The molecule has 1 unspecified atom stereocenters. The highest BCUT2D eigenvalue weighted by atomic mass is 35.5. The van der Waals surface area contributed by atoms with Crippen molar-refractivity contribution in [1.29, 1.82) is 0 Å². The van der Waals surface area contributed by atoms with Crippen LogP contribution in [0.3, 0.4) is 0 Å². The van der Waals surface area contributed by atoms with Gasteiger partial charge in [-0.1, -0.05) is 23.7 Å². The van der Waals surface area contributed by atoms with Gasteiger partial charge in [-0.25, -0.2) is 17.6 Å². The normalized spacial score (nSPS) is 12.6. The molecule has 2 aromatic heterocycles. The molecule has 10 heteroatoms. The van der Waals surface area contributed by atoms with Crippen LogP contribution < -0.4 is 5.32 Å². The first-order valence-electron chi connectivity index (χ1n) is 8.63. The second-order valence-corrected chi connectivity index (χ2v) is 6.70. The van der Waals surface area contributed by atoms with E-state index in [9.17, 15) is 22.4 Å². The Labute approximate surface area is 168 Å². The molecule has 0 spiro atoms. The predicted molar refractivity (Wildman–Crippen MR) is 99.5 cm³/mol. The van der Waals surface area contributed by atoms with Crippen LogP contribution in [0.1, 0.15) is 42.8 Å². The fourth-order valence-electron chi connectivity index (χ4n) is 2.91. The molecule has 2 heterocycles. The number of hydrogen-bond acceptors (Lipinski definition) is 2. The van der Waals surface area contributed by atoms with Crippen molar-refractivity contribution >= 4 is 17.5 Å². The molecule has 1 amide bonds. The van der Waals surface area contributed by atoms with Gasteiger partial charge in [-0.3, -0.25) is 9.48 Å². The van der Waals surface area contributed by atoms with Crippen LogP contribution >= 0.6 is 11.6 Å². The van der Waals surface area contributed by atoms with Crippen LogP contribution in [0.5, 0.6) is 0 Å². The van der Waals surface area contributed by atoms with Crippen LogP contribution in [0.2, 0.25) is 5.02 Å². The van der Waals surface area contributed by atoms with Crippen molar-refractivity contribution in [3.63, 3.8) is 0 Å². The van der Waals surface area contributed by atoms with Crippen LogP contribution in [0.15, 0.2) is 48.8 Å². The van der Waals surface area contributed by atoms with E-state index in [-0.39, 0.29) is 0 Å². The molecule has 3 aromatic rings. The highest BCUT2D eigenvalue weighted by Gasteiger charge is 2.28. The number of aromatic nitrogens is 3. The van der Waals surface area contributed by atoms with Gasteiger partial charge < -0.3 is 9.88 Å². The van der Waals surface area contributed by atoms with Crippen LogP contribution in [0, 0.1) is 0 Å². The third kappa shape index (κ3) is 4.61. The monoisotopic (exact) mass is 428 g/mol. The van der Waals surface area contributed by atoms with Gasteiger partial charge in [0.25, 0.3) is 12.9 Å². The fourth-order valence-corrected chi connectivity index (χ4v) is 3.21. The highest BCUT2D eigenvalue weighted by Crippen LogP contribution is 2.34. The molecule has 0 radical (unpaired) electrons. The Balaban J connectivity index is 1.75. The lowest BCUT2D eigenvalue weighted by atomic mass is 10.1. The Kier molecular flexibility index (Phi) is 6.26. The number of carbonyl (C=O) groups excluding carboxylic acids is 1. The third-order valence-electron chi connectivity index (χ3n) is 4.31. The Bertz CT molecular complexity index is 988. The molecule has 1 atom stereocenters. The lowest BCUT2D eigenvalue weighted by Gasteiger charge is -2.16. The maximum atomic E-state index is 13.2. The van der Waals surface area contributed by atoms with Crippen LogP contribution in [-0.4, -0.2) is 20.3 Å². The Morgan fingerprint density at radius 3 is 2.45 bits per heavy atom. The number of nitrogens with zero attached hydrogens (tertiary/aromatic N) is 3. The number of halogens is 5. The van der Waals surface area contributed by atoms with E-state index in [1.165, 1.54) is 0 Å². The molecule has 154 valence electrons. The maximum Gasteiger partial charge on any atom is 0.283 e. The molecule has 0 aliphatic rings.